The maximum Gasteiger partial charge on any atom is 0.191 e. The van der Waals surface area contributed by atoms with E-state index in [4.69, 9.17) is 22.9 Å². The summed E-state index contributed by atoms with van der Waals surface area (Å²) in [5, 5.41) is 2.35. The third-order valence-corrected chi connectivity index (χ3v) is 5.54. The van der Waals surface area contributed by atoms with Crippen molar-refractivity contribution in [2.45, 2.75) is 5.92 Å². The quantitative estimate of drug-likeness (QED) is 0.285. The second-order valence-corrected chi connectivity index (χ2v) is 7.73. The molecule has 4 aromatic rings. The van der Waals surface area contributed by atoms with E-state index in [0.717, 1.165) is 27.9 Å². The second-order valence-electron chi connectivity index (χ2n) is 7.73. The van der Waals surface area contributed by atoms with Crippen LogP contribution < -0.4 is 22.9 Å². The van der Waals surface area contributed by atoms with Crippen molar-refractivity contribution in [2.75, 3.05) is 0 Å². The fourth-order valence-electron chi connectivity index (χ4n) is 4.20. The van der Waals surface area contributed by atoms with Crippen molar-refractivity contribution in [1.82, 2.24) is 9.97 Å². The highest BCUT2D eigenvalue weighted by Crippen LogP contribution is 2.41. The Bertz CT molecular complexity index is 1430. The normalized spacial score (nSPS) is 14.1. The zero-order chi connectivity index (χ0) is 22.9. The van der Waals surface area contributed by atoms with E-state index in [1.54, 1.807) is 12.4 Å². The van der Waals surface area contributed by atoms with Crippen molar-refractivity contribution in [3.63, 3.8) is 0 Å². The summed E-state index contributed by atoms with van der Waals surface area (Å²) in [4.78, 5) is 17.3. The predicted molar refractivity (Wildman–Crippen MR) is 133 cm³/mol. The predicted octanol–water partition coefficient (Wildman–Crippen LogP) is 3.27. The van der Waals surface area contributed by atoms with Crippen molar-refractivity contribution in [1.29, 1.82) is 0 Å². The molecule has 1 atom stereocenters. The maximum atomic E-state index is 5.47. The van der Waals surface area contributed by atoms with E-state index >= 15 is 0 Å². The van der Waals surface area contributed by atoms with Gasteiger partial charge in [-0.1, -0.05) is 42.5 Å². The molecule has 0 bridgehead atoms. The molecule has 2 aromatic heterocycles. The molecule has 33 heavy (non-hydrogen) atoms. The van der Waals surface area contributed by atoms with Gasteiger partial charge < -0.3 is 22.9 Å². The van der Waals surface area contributed by atoms with E-state index in [0.29, 0.717) is 11.4 Å². The first-order valence-corrected chi connectivity index (χ1v) is 10.3. The van der Waals surface area contributed by atoms with Gasteiger partial charge in [0.05, 0.1) is 35.2 Å². The number of hydrogen-bond donors (Lipinski definition) is 4. The van der Waals surface area contributed by atoms with Gasteiger partial charge in [-0.15, -0.1) is 0 Å². The van der Waals surface area contributed by atoms with Gasteiger partial charge in [0.15, 0.2) is 11.9 Å². The largest absolute Gasteiger partial charge is 0.370 e. The van der Waals surface area contributed by atoms with Crippen LogP contribution in [0.3, 0.4) is 0 Å². The molecule has 8 N–H and O–H groups in total. The number of aliphatic imine (C=N–C) groups is 2. The van der Waals surface area contributed by atoms with E-state index < -0.39 is 0 Å². The van der Waals surface area contributed by atoms with Crippen LogP contribution in [0.4, 0.5) is 11.4 Å². The first-order chi connectivity index (χ1) is 16.0. The van der Waals surface area contributed by atoms with Crippen LogP contribution in [0.25, 0.3) is 28.1 Å². The highest BCUT2D eigenvalue weighted by atomic mass is 15.0. The zero-order valence-electron chi connectivity index (χ0n) is 17.7. The van der Waals surface area contributed by atoms with Crippen LogP contribution in [0.5, 0.6) is 0 Å². The van der Waals surface area contributed by atoms with Crippen LogP contribution in [-0.2, 0) is 0 Å². The van der Waals surface area contributed by atoms with Crippen LogP contribution in [0.1, 0.15) is 22.7 Å². The lowest BCUT2D eigenvalue weighted by Crippen LogP contribution is -2.21. The van der Waals surface area contributed by atoms with E-state index in [1.807, 2.05) is 24.3 Å². The van der Waals surface area contributed by atoms with Crippen molar-refractivity contribution >= 4 is 40.1 Å². The summed E-state index contributed by atoms with van der Waals surface area (Å²) in [6.07, 6.45) is 7.65. The van der Waals surface area contributed by atoms with Gasteiger partial charge >= 0.3 is 0 Å². The number of benzene rings is 2. The molecule has 1 aliphatic rings. The minimum atomic E-state index is 0.00362. The van der Waals surface area contributed by atoms with Gasteiger partial charge in [0.2, 0.25) is 0 Å². The number of aromatic nitrogens is 2. The summed E-state index contributed by atoms with van der Waals surface area (Å²) in [6.45, 7) is 0. The van der Waals surface area contributed by atoms with Crippen molar-refractivity contribution in [2.24, 2.45) is 32.9 Å². The molecular weight excluding hydrogens is 412 g/mol. The average Bonchev–Trinajstić information content (AvgIpc) is 2.80. The van der Waals surface area contributed by atoms with Crippen LogP contribution in [0.2, 0.25) is 0 Å². The molecule has 0 radical (unpaired) electrons. The molecular formula is C25H22N8. The fourth-order valence-corrected chi connectivity index (χ4v) is 4.20. The van der Waals surface area contributed by atoms with Gasteiger partial charge in [0.1, 0.15) is 0 Å². The Morgan fingerprint density at radius 2 is 1.48 bits per heavy atom. The molecule has 0 amide bonds. The summed E-state index contributed by atoms with van der Waals surface area (Å²) >= 11 is 0. The average molecular weight is 435 g/mol. The minimum absolute atomic E-state index is 0.00362. The SMILES string of the molecule is NC(N)=Nc1ccc(-c2ccc3cccc4c3c2C=CC4c2ccc(N=C(N)N)cn2)nc1. The highest BCUT2D eigenvalue weighted by Gasteiger charge is 2.22. The van der Waals surface area contributed by atoms with E-state index in [2.05, 4.69) is 62.4 Å². The number of pyridine rings is 2. The lowest BCUT2D eigenvalue weighted by molar-refractivity contribution is 0.963. The van der Waals surface area contributed by atoms with Crippen molar-refractivity contribution < 1.29 is 0 Å². The molecule has 0 saturated carbocycles. The Hall–Kier alpha value is -4.72. The Labute approximate surface area is 190 Å². The number of hydrogen-bond acceptors (Lipinski definition) is 4. The van der Waals surface area contributed by atoms with Gasteiger partial charge in [-0.05, 0) is 46.2 Å². The summed E-state index contributed by atoms with van der Waals surface area (Å²) in [5.74, 6) is 0.0269. The standard InChI is InChI=1S/C25H22N8/c26-24(27)32-15-5-10-21(30-12-15)17-7-4-14-2-1-3-19-18(8-9-20(17)23(14)19)22-11-6-16(13-31-22)33-25(28)29/h1-13,18H,(H4,26,27,32)(H4,28,29,33). The van der Waals surface area contributed by atoms with E-state index in [9.17, 15) is 0 Å². The third-order valence-electron chi connectivity index (χ3n) is 5.54. The van der Waals surface area contributed by atoms with Gasteiger partial charge in [-0.2, -0.15) is 0 Å². The number of guanidine groups is 2. The molecule has 0 aliphatic heterocycles. The monoisotopic (exact) mass is 434 g/mol. The first-order valence-electron chi connectivity index (χ1n) is 10.3. The smallest absolute Gasteiger partial charge is 0.191 e. The van der Waals surface area contributed by atoms with Crippen LogP contribution in [0.15, 0.2) is 83.1 Å². The van der Waals surface area contributed by atoms with Crippen LogP contribution in [-0.4, -0.2) is 21.9 Å². The van der Waals surface area contributed by atoms with Gasteiger partial charge in [0, 0.05) is 11.5 Å². The first kappa shape index (κ1) is 20.2. The molecule has 1 unspecified atom stereocenters. The molecule has 0 spiro atoms. The van der Waals surface area contributed by atoms with Gasteiger partial charge in [-0.25, -0.2) is 9.98 Å². The third kappa shape index (κ3) is 3.85. The zero-order valence-corrected chi connectivity index (χ0v) is 17.7. The summed E-state index contributed by atoms with van der Waals surface area (Å²) in [7, 11) is 0. The molecule has 8 heteroatoms. The number of nitrogens with zero attached hydrogens (tertiary/aromatic N) is 4. The number of allylic oxidation sites excluding steroid dienone is 1. The summed E-state index contributed by atoms with van der Waals surface area (Å²) < 4.78 is 0. The molecule has 0 saturated heterocycles. The van der Waals surface area contributed by atoms with Crippen LogP contribution >= 0.6 is 0 Å². The van der Waals surface area contributed by atoms with Crippen molar-refractivity contribution in [3.05, 3.63) is 89.9 Å². The van der Waals surface area contributed by atoms with Gasteiger partial charge in [-0.3, -0.25) is 9.97 Å². The maximum absolute atomic E-state index is 5.47. The Balaban J connectivity index is 1.59. The Kier molecular flexibility index (Phi) is 4.95. The molecule has 162 valence electrons. The molecule has 2 aromatic carbocycles. The second kappa shape index (κ2) is 8.08. The molecule has 8 nitrogen and oxygen atoms in total. The van der Waals surface area contributed by atoms with E-state index in [1.165, 1.54) is 10.9 Å². The summed E-state index contributed by atoms with van der Waals surface area (Å²) in [6, 6.07) is 18.1. The summed E-state index contributed by atoms with van der Waals surface area (Å²) in [5.41, 5.74) is 28.2. The topological polar surface area (TPSA) is 155 Å². The lowest BCUT2D eigenvalue weighted by atomic mass is 9.82. The van der Waals surface area contributed by atoms with Crippen molar-refractivity contribution in [3.8, 4) is 11.3 Å². The lowest BCUT2D eigenvalue weighted by Gasteiger charge is -2.23. The molecule has 5 rings (SSSR count). The van der Waals surface area contributed by atoms with Gasteiger partial charge in [0.25, 0.3) is 0 Å². The molecule has 1 aliphatic carbocycles. The molecule has 0 fully saturated rings. The fraction of sp³-hybridized carbons (Fsp3) is 0.0400. The highest BCUT2D eigenvalue weighted by molar-refractivity contribution is 6.01. The minimum Gasteiger partial charge on any atom is -0.370 e. The van der Waals surface area contributed by atoms with E-state index in [-0.39, 0.29) is 17.8 Å². The Morgan fingerprint density at radius 3 is 2.12 bits per heavy atom. The van der Waals surface area contributed by atoms with Crippen LogP contribution in [0, 0.1) is 0 Å². The molecule has 2 heterocycles. The Morgan fingerprint density at radius 1 is 0.758 bits per heavy atom. The number of nitrogens with two attached hydrogens (primary N) is 4. The number of rotatable bonds is 4.